The van der Waals surface area contributed by atoms with E-state index in [2.05, 4.69) is 26.8 Å². The molecule has 0 atom stereocenters. The van der Waals surface area contributed by atoms with Gasteiger partial charge in [-0.1, -0.05) is 25.3 Å². The molecule has 3 aromatic rings. The number of anilines is 2. The summed E-state index contributed by atoms with van der Waals surface area (Å²) in [5, 5.41) is 2.95. The Balaban J connectivity index is 1.53. The van der Waals surface area contributed by atoms with E-state index < -0.39 is 0 Å². The van der Waals surface area contributed by atoms with Crippen molar-refractivity contribution in [1.29, 1.82) is 0 Å². The molecule has 1 N–H and O–H groups in total. The number of amides is 1. The maximum atomic E-state index is 11.9. The molecule has 160 valence electrons. The second-order valence-corrected chi connectivity index (χ2v) is 8.82. The number of ether oxygens (including phenoxy) is 1. The monoisotopic (exact) mass is 417 g/mol. The third-order valence-corrected chi connectivity index (χ3v) is 6.86. The summed E-state index contributed by atoms with van der Waals surface area (Å²) in [7, 11) is 0. The molecular formula is C24H27N5O2. The van der Waals surface area contributed by atoms with Gasteiger partial charge in [-0.2, -0.15) is 0 Å². The summed E-state index contributed by atoms with van der Waals surface area (Å²) in [5.41, 5.74) is 6.38. The van der Waals surface area contributed by atoms with Crippen LogP contribution in [-0.2, 0) is 16.0 Å². The first kappa shape index (κ1) is 18.8. The van der Waals surface area contributed by atoms with Gasteiger partial charge in [-0.05, 0) is 30.5 Å². The van der Waals surface area contributed by atoms with E-state index in [1.54, 1.807) is 0 Å². The fourth-order valence-electron chi connectivity index (χ4n) is 5.30. The van der Waals surface area contributed by atoms with Gasteiger partial charge in [0.15, 0.2) is 11.5 Å². The molecular weight excluding hydrogens is 390 g/mol. The highest BCUT2D eigenvalue weighted by Gasteiger charge is 2.28. The fraction of sp³-hybridized carbons (Fsp3) is 0.458. The Kier molecular flexibility index (Phi) is 4.64. The van der Waals surface area contributed by atoms with E-state index in [4.69, 9.17) is 14.7 Å². The van der Waals surface area contributed by atoms with Crippen molar-refractivity contribution in [3.05, 3.63) is 41.9 Å². The molecule has 3 aliphatic rings. The summed E-state index contributed by atoms with van der Waals surface area (Å²) in [6, 6.07) is 6.32. The van der Waals surface area contributed by atoms with Crippen LogP contribution in [0.5, 0.6) is 0 Å². The van der Waals surface area contributed by atoms with E-state index in [9.17, 15) is 4.79 Å². The number of aromatic nitrogens is 3. The van der Waals surface area contributed by atoms with Crippen LogP contribution in [0, 0.1) is 0 Å². The maximum Gasteiger partial charge on any atom is 0.228 e. The molecule has 2 fully saturated rings. The molecule has 4 heterocycles. The van der Waals surface area contributed by atoms with Gasteiger partial charge in [0.25, 0.3) is 0 Å². The predicted molar refractivity (Wildman–Crippen MR) is 120 cm³/mol. The van der Waals surface area contributed by atoms with Crippen LogP contribution in [0.1, 0.15) is 49.3 Å². The lowest BCUT2D eigenvalue weighted by molar-refractivity contribution is -0.115. The van der Waals surface area contributed by atoms with Crippen molar-refractivity contribution in [3.8, 4) is 11.3 Å². The van der Waals surface area contributed by atoms with Crippen molar-refractivity contribution >= 4 is 23.1 Å². The molecule has 2 aromatic heterocycles. The maximum absolute atomic E-state index is 11.9. The minimum Gasteiger partial charge on any atom is -0.378 e. The van der Waals surface area contributed by atoms with Gasteiger partial charge < -0.3 is 15.0 Å². The molecule has 2 aliphatic heterocycles. The van der Waals surface area contributed by atoms with Crippen molar-refractivity contribution in [2.45, 2.75) is 44.4 Å². The minimum atomic E-state index is 0.0663. The normalized spacial score (nSPS) is 19.6. The molecule has 0 radical (unpaired) electrons. The van der Waals surface area contributed by atoms with E-state index >= 15 is 0 Å². The SMILES string of the molecule is O=C1Cc2cc(-c3c(C4CCCCC4)nc4c(N5CCOCC5)nccn34)ccc2N1. The van der Waals surface area contributed by atoms with E-state index in [-0.39, 0.29) is 5.91 Å². The number of nitrogens with zero attached hydrogens (tertiary/aromatic N) is 4. The summed E-state index contributed by atoms with van der Waals surface area (Å²) in [4.78, 5) is 24.1. The Morgan fingerprint density at radius 2 is 1.94 bits per heavy atom. The number of nitrogens with one attached hydrogen (secondary N) is 1. The number of fused-ring (bicyclic) bond motifs is 2. The molecule has 0 spiro atoms. The zero-order valence-electron chi connectivity index (χ0n) is 17.6. The second-order valence-electron chi connectivity index (χ2n) is 8.82. The minimum absolute atomic E-state index is 0.0663. The van der Waals surface area contributed by atoms with Crippen molar-refractivity contribution < 1.29 is 9.53 Å². The summed E-state index contributed by atoms with van der Waals surface area (Å²) >= 11 is 0. The van der Waals surface area contributed by atoms with E-state index in [0.717, 1.165) is 60.3 Å². The van der Waals surface area contributed by atoms with Gasteiger partial charge in [0, 0.05) is 42.7 Å². The zero-order chi connectivity index (χ0) is 20.8. The number of hydrogen-bond acceptors (Lipinski definition) is 5. The van der Waals surface area contributed by atoms with Gasteiger partial charge in [0.05, 0.1) is 31.0 Å². The number of morpholine rings is 1. The van der Waals surface area contributed by atoms with Gasteiger partial charge in [-0.15, -0.1) is 0 Å². The van der Waals surface area contributed by atoms with Gasteiger partial charge in [-0.3, -0.25) is 9.20 Å². The first-order chi connectivity index (χ1) is 15.3. The Hall–Kier alpha value is -2.93. The average molecular weight is 418 g/mol. The molecule has 1 saturated heterocycles. The van der Waals surface area contributed by atoms with Crippen LogP contribution in [-0.4, -0.2) is 46.6 Å². The molecule has 7 heteroatoms. The summed E-state index contributed by atoms with van der Waals surface area (Å²) in [6.07, 6.45) is 10.6. The van der Waals surface area contributed by atoms with Gasteiger partial charge in [0.2, 0.25) is 5.91 Å². The van der Waals surface area contributed by atoms with Gasteiger partial charge in [-0.25, -0.2) is 9.97 Å². The van der Waals surface area contributed by atoms with Crippen molar-refractivity contribution in [3.63, 3.8) is 0 Å². The molecule has 1 saturated carbocycles. The molecule has 1 amide bonds. The molecule has 0 bridgehead atoms. The lowest BCUT2D eigenvalue weighted by Gasteiger charge is -2.27. The van der Waals surface area contributed by atoms with E-state index in [1.165, 1.54) is 37.8 Å². The number of carbonyl (C=O) groups is 1. The second kappa shape index (κ2) is 7.64. The topological polar surface area (TPSA) is 71.8 Å². The number of benzene rings is 1. The highest BCUT2D eigenvalue weighted by Crippen LogP contribution is 2.40. The van der Waals surface area contributed by atoms with Crippen LogP contribution in [0.3, 0.4) is 0 Å². The number of hydrogen-bond donors (Lipinski definition) is 1. The first-order valence-electron chi connectivity index (χ1n) is 11.4. The zero-order valence-corrected chi connectivity index (χ0v) is 17.6. The largest absolute Gasteiger partial charge is 0.378 e. The van der Waals surface area contributed by atoms with Gasteiger partial charge >= 0.3 is 0 Å². The number of imidazole rings is 1. The number of rotatable bonds is 3. The Bertz CT molecular complexity index is 1140. The Morgan fingerprint density at radius 3 is 2.77 bits per heavy atom. The molecule has 1 aliphatic carbocycles. The molecule has 6 rings (SSSR count). The van der Waals surface area contributed by atoms with E-state index in [1.807, 2.05) is 18.5 Å². The lowest BCUT2D eigenvalue weighted by Crippen LogP contribution is -2.37. The standard InChI is InChI=1S/C24H27N5O2/c30-20-15-18-14-17(6-7-19(18)26-20)22-21(16-4-2-1-3-5-16)27-24-23(25-8-9-29(22)24)28-10-12-31-13-11-28/h6-9,14,16H,1-5,10-13,15H2,(H,26,30). The van der Waals surface area contributed by atoms with E-state index in [0.29, 0.717) is 12.3 Å². The van der Waals surface area contributed by atoms with Crippen molar-refractivity contribution in [1.82, 2.24) is 14.4 Å². The van der Waals surface area contributed by atoms with Crippen molar-refractivity contribution in [2.75, 3.05) is 36.5 Å². The molecule has 31 heavy (non-hydrogen) atoms. The number of carbonyl (C=O) groups excluding carboxylic acids is 1. The lowest BCUT2D eigenvalue weighted by atomic mass is 9.85. The molecule has 7 nitrogen and oxygen atoms in total. The van der Waals surface area contributed by atoms with Crippen molar-refractivity contribution in [2.24, 2.45) is 0 Å². The van der Waals surface area contributed by atoms with Gasteiger partial charge in [0.1, 0.15) is 0 Å². The van der Waals surface area contributed by atoms with Crippen LogP contribution < -0.4 is 10.2 Å². The van der Waals surface area contributed by atoms with Crippen LogP contribution in [0.25, 0.3) is 16.9 Å². The fourth-order valence-corrected chi connectivity index (χ4v) is 5.30. The molecule has 0 unspecified atom stereocenters. The van der Waals surface area contributed by atoms with Crippen LogP contribution >= 0.6 is 0 Å². The van der Waals surface area contributed by atoms with Crippen LogP contribution in [0.2, 0.25) is 0 Å². The quantitative estimate of drug-likeness (QED) is 0.702. The molecule has 1 aromatic carbocycles. The predicted octanol–water partition coefficient (Wildman–Crippen LogP) is 3.78. The highest BCUT2D eigenvalue weighted by molar-refractivity contribution is 5.99. The van der Waals surface area contributed by atoms with Crippen LogP contribution in [0.15, 0.2) is 30.6 Å². The third-order valence-electron chi connectivity index (χ3n) is 6.86. The Morgan fingerprint density at radius 1 is 1.10 bits per heavy atom. The summed E-state index contributed by atoms with van der Waals surface area (Å²) in [6.45, 7) is 3.11. The smallest absolute Gasteiger partial charge is 0.228 e. The highest BCUT2D eigenvalue weighted by atomic mass is 16.5. The third kappa shape index (κ3) is 3.28. The summed E-state index contributed by atoms with van der Waals surface area (Å²) < 4.78 is 7.76. The Labute approximate surface area is 181 Å². The first-order valence-corrected chi connectivity index (χ1v) is 11.4. The summed E-state index contributed by atoms with van der Waals surface area (Å²) in [5.74, 6) is 1.47. The average Bonchev–Trinajstić information content (AvgIpc) is 3.39. The van der Waals surface area contributed by atoms with Crippen LogP contribution in [0.4, 0.5) is 11.5 Å².